The number of rotatable bonds is 3. The van der Waals surface area contributed by atoms with Gasteiger partial charge < -0.3 is 15.0 Å². The van der Waals surface area contributed by atoms with E-state index in [0.717, 1.165) is 25.0 Å². The van der Waals surface area contributed by atoms with Crippen LogP contribution in [0.2, 0.25) is 0 Å². The number of piperidine rings is 3. The third-order valence-electron chi connectivity index (χ3n) is 5.45. The molecule has 3 heteroatoms. The Morgan fingerprint density at radius 1 is 1.28 bits per heavy atom. The van der Waals surface area contributed by atoms with E-state index in [2.05, 4.69) is 24.1 Å². The van der Waals surface area contributed by atoms with Crippen molar-refractivity contribution < 1.29 is 4.74 Å². The first-order chi connectivity index (χ1) is 8.68. The van der Waals surface area contributed by atoms with E-state index in [1.807, 2.05) is 0 Å². The molecule has 18 heavy (non-hydrogen) atoms. The van der Waals surface area contributed by atoms with Crippen molar-refractivity contribution in [2.24, 2.45) is 5.92 Å². The molecule has 1 N–H and O–H groups in total. The van der Waals surface area contributed by atoms with Crippen molar-refractivity contribution >= 4 is 0 Å². The van der Waals surface area contributed by atoms with E-state index < -0.39 is 0 Å². The predicted molar refractivity (Wildman–Crippen MR) is 73.8 cm³/mol. The second-order valence-electron chi connectivity index (χ2n) is 6.75. The van der Waals surface area contributed by atoms with Crippen LogP contribution in [0, 0.1) is 5.92 Å². The van der Waals surface area contributed by atoms with E-state index in [0.29, 0.717) is 6.04 Å². The highest BCUT2D eigenvalue weighted by atomic mass is 16.5. The van der Waals surface area contributed by atoms with Crippen LogP contribution in [-0.2, 0) is 4.74 Å². The van der Waals surface area contributed by atoms with Gasteiger partial charge in [0.25, 0.3) is 0 Å². The fourth-order valence-corrected chi connectivity index (χ4v) is 3.98. The van der Waals surface area contributed by atoms with Gasteiger partial charge in [0.2, 0.25) is 0 Å². The summed E-state index contributed by atoms with van der Waals surface area (Å²) in [5.41, 5.74) is 0.115. The van der Waals surface area contributed by atoms with Gasteiger partial charge in [0.15, 0.2) is 0 Å². The fraction of sp³-hybridized carbons (Fsp3) is 1.00. The van der Waals surface area contributed by atoms with Crippen molar-refractivity contribution in [2.45, 2.75) is 63.6 Å². The number of nitrogens with one attached hydrogen (secondary N) is 1. The molecule has 3 nitrogen and oxygen atoms in total. The Kier molecular flexibility index (Phi) is 3.65. The molecule has 0 aromatic carbocycles. The van der Waals surface area contributed by atoms with Crippen LogP contribution in [0.3, 0.4) is 0 Å². The molecule has 2 bridgehead atoms. The molecule has 4 saturated heterocycles. The number of hydrogen-bond donors (Lipinski definition) is 1. The molecule has 4 fully saturated rings. The molecule has 0 amide bonds. The van der Waals surface area contributed by atoms with Crippen LogP contribution in [0.15, 0.2) is 0 Å². The third-order valence-corrected chi connectivity index (χ3v) is 5.45. The number of ether oxygens (including phenoxy) is 1. The van der Waals surface area contributed by atoms with Crippen LogP contribution >= 0.6 is 0 Å². The number of fused-ring (bicyclic) bond motifs is 3. The number of nitrogens with zero attached hydrogens (tertiary/aromatic N) is 1. The van der Waals surface area contributed by atoms with Crippen LogP contribution in [0.25, 0.3) is 0 Å². The molecule has 3 unspecified atom stereocenters. The lowest BCUT2D eigenvalue weighted by molar-refractivity contribution is -0.0821. The van der Waals surface area contributed by atoms with Crippen LogP contribution in [0.5, 0.6) is 0 Å². The van der Waals surface area contributed by atoms with Crippen molar-refractivity contribution in [3.63, 3.8) is 0 Å². The van der Waals surface area contributed by atoms with Crippen molar-refractivity contribution in [1.29, 1.82) is 0 Å². The van der Waals surface area contributed by atoms with Crippen molar-refractivity contribution in [2.75, 3.05) is 26.2 Å². The quantitative estimate of drug-likeness (QED) is 0.831. The van der Waals surface area contributed by atoms with Crippen LogP contribution in [-0.4, -0.2) is 48.8 Å². The Morgan fingerprint density at radius 2 is 2.06 bits per heavy atom. The highest BCUT2D eigenvalue weighted by Crippen LogP contribution is 2.31. The summed E-state index contributed by atoms with van der Waals surface area (Å²) >= 11 is 0. The summed E-state index contributed by atoms with van der Waals surface area (Å²) in [6, 6.07) is 1.42. The summed E-state index contributed by atoms with van der Waals surface area (Å²) < 4.78 is 5.95. The maximum absolute atomic E-state index is 5.95. The minimum Gasteiger partial charge on any atom is -0.375 e. The molecule has 4 rings (SSSR count). The normalized spacial score (nSPS) is 48.3. The highest BCUT2D eigenvalue weighted by molar-refractivity contribution is 4.94. The summed E-state index contributed by atoms with van der Waals surface area (Å²) in [6.45, 7) is 9.41. The predicted octanol–water partition coefficient (Wildman–Crippen LogP) is 2.02. The molecule has 104 valence electrons. The van der Waals surface area contributed by atoms with E-state index in [9.17, 15) is 0 Å². The zero-order chi connectivity index (χ0) is 12.6. The molecule has 0 spiro atoms. The largest absolute Gasteiger partial charge is 0.375 e. The average Bonchev–Trinajstić information content (AvgIpc) is 2.40. The van der Waals surface area contributed by atoms with Gasteiger partial charge >= 0.3 is 0 Å². The summed E-state index contributed by atoms with van der Waals surface area (Å²) in [5.74, 6) is 0.936. The Balaban J connectivity index is 1.56. The molecule has 0 radical (unpaired) electrons. The first kappa shape index (κ1) is 12.9. The molecule has 4 aliphatic rings. The zero-order valence-corrected chi connectivity index (χ0v) is 12.0. The third kappa shape index (κ3) is 2.59. The van der Waals surface area contributed by atoms with Crippen molar-refractivity contribution in [1.82, 2.24) is 10.2 Å². The first-order valence-electron chi connectivity index (χ1n) is 7.81. The molecule has 0 aromatic rings. The molecule has 0 saturated carbocycles. The first-order valence-corrected chi connectivity index (χ1v) is 7.81. The lowest BCUT2D eigenvalue weighted by Crippen LogP contribution is -2.59. The summed E-state index contributed by atoms with van der Waals surface area (Å²) in [7, 11) is 0. The van der Waals surface area contributed by atoms with E-state index in [4.69, 9.17) is 4.74 Å². The van der Waals surface area contributed by atoms with Gasteiger partial charge in [0.1, 0.15) is 0 Å². The molecule has 3 atom stereocenters. The molecule has 0 aliphatic carbocycles. The molecular weight excluding hydrogens is 224 g/mol. The Bertz CT molecular complexity index is 288. The lowest BCUT2D eigenvalue weighted by atomic mass is 9.82. The van der Waals surface area contributed by atoms with Gasteiger partial charge in [-0.15, -0.1) is 0 Å². The molecular formula is C15H28N2O. The van der Waals surface area contributed by atoms with Gasteiger partial charge in [-0.2, -0.15) is 0 Å². The standard InChI is InChI=1S/C15H28N2O/c1-3-15(2)10-13(6-9-18-15)16-14-11-17-7-4-12(14)5-8-17/h12-14,16H,3-11H2,1-2H3. The second-order valence-corrected chi connectivity index (χ2v) is 6.75. The summed E-state index contributed by atoms with van der Waals surface area (Å²) in [5, 5.41) is 3.96. The van der Waals surface area contributed by atoms with E-state index >= 15 is 0 Å². The van der Waals surface area contributed by atoms with Gasteiger partial charge in [-0.05, 0) is 58.0 Å². The van der Waals surface area contributed by atoms with Crippen LogP contribution in [0.4, 0.5) is 0 Å². The van der Waals surface area contributed by atoms with Crippen LogP contribution < -0.4 is 5.32 Å². The summed E-state index contributed by atoms with van der Waals surface area (Å²) in [6.07, 6.45) is 6.33. The Morgan fingerprint density at radius 3 is 2.67 bits per heavy atom. The second kappa shape index (κ2) is 5.10. The fourth-order valence-electron chi connectivity index (χ4n) is 3.98. The topological polar surface area (TPSA) is 24.5 Å². The Hall–Kier alpha value is -0.120. The monoisotopic (exact) mass is 252 g/mol. The van der Waals surface area contributed by atoms with E-state index in [1.165, 1.54) is 45.3 Å². The molecule has 4 heterocycles. The van der Waals surface area contributed by atoms with E-state index in [1.54, 1.807) is 0 Å². The zero-order valence-electron chi connectivity index (χ0n) is 12.0. The Labute approximate surface area is 111 Å². The average molecular weight is 252 g/mol. The smallest absolute Gasteiger partial charge is 0.0666 e. The molecule has 4 aliphatic heterocycles. The van der Waals surface area contributed by atoms with Gasteiger partial charge in [-0.3, -0.25) is 0 Å². The minimum absolute atomic E-state index is 0.115. The molecule has 0 aromatic heterocycles. The maximum Gasteiger partial charge on any atom is 0.0666 e. The van der Waals surface area contributed by atoms with Gasteiger partial charge in [-0.1, -0.05) is 6.92 Å². The SMILES string of the molecule is CCC1(C)CC(NC2CN3CCC2CC3)CCO1. The minimum atomic E-state index is 0.115. The van der Waals surface area contributed by atoms with Crippen molar-refractivity contribution in [3.05, 3.63) is 0 Å². The van der Waals surface area contributed by atoms with Gasteiger partial charge in [-0.25, -0.2) is 0 Å². The highest BCUT2D eigenvalue weighted by Gasteiger charge is 2.37. The maximum atomic E-state index is 5.95. The van der Waals surface area contributed by atoms with Gasteiger partial charge in [0, 0.05) is 25.2 Å². The number of hydrogen-bond acceptors (Lipinski definition) is 3. The van der Waals surface area contributed by atoms with Crippen molar-refractivity contribution in [3.8, 4) is 0 Å². The van der Waals surface area contributed by atoms with Crippen LogP contribution in [0.1, 0.15) is 46.0 Å². The van der Waals surface area contributed by atoms with Gasteiger partial charge in [0.05, 0.1) is 5.60 Å². The van der Waals surface area contributed by atoms with E-state index in [-0.39, 0.29) is 5.60 Å². The summed E-state index contributed by atoms with van der Waals surface area (Å²) in [4.78, 5) is 2.63. The lowest BCUT2D eigenvalue weighted by Gasteiger charge is -2.48.